The van der Waals surface area contributed by atoms with E-state index in [4.69, 9.17) is 0 Å². The van der Waals surface area contributed by atoms with Crippen molar-refractivity contribution < 1.29 is 13.2 Å². The van der Waals surface area contributed by atoms with Crippen LogP contribution in [0.5, 0.6) is 0 Å². The summed E-state index contributed by atoms with van der Waals surface area (Å²) in [6, 6.07) is -0.229. The van der Waals surface area contributed by atoms with Crippen molar-refractivity contribution in [3.05, 3.63) is 0 Å². The summed E-state index contributed by atoms with van der Waals surface area (Å²) < 4.78 is 37.8. The van der Waals surface area contributed by atoms with Gasteiger partial charge in [-0.3, -0.25) is 4.90 Å². The highest BCUT2D eigenvalue weighted by atomic mass is 19.4. The molecule has 1 heterocycles. The van der Waals surface area contributed by atoms with Gasteiger partial charge in [0.05, 0.1) is 6.42 Å². The molecule has 0 radical (unpaired) electrons. The first-order valence-corrected chi connectivity index (χ1v) is 7.34. The van der Waals surface area contributed by atoms with Gasteiger partial charge in [-0.2, -0.15) is 13.2 Å². The molecular formula is C14H27F3N2. The Morgan fingerprint density at radius 3 is 2.26 bits per heavy atom. The number of halogens is 3. The van der Waals surface area contributed by atoms with Crippen molar-refractivity contribution in [3.63, 3.8) is 0 Å². The SMILES string of the molecule is CCC1CNC(CC)(CC)CN1C(C)CC(F)(F)F. The lowest BCUT2D eigenvalue weighted by Crippen LogP contribution is -2.65. The molecule has 2 atom stereocenters. The number of nitrogens with zero attached hydrogens (tertiary/aromatic N) is 1. The Hall–Kier alpha value is -0.290. The van der Waals surface area contributed by atoms with Crippen molar-refractivity contribution in [2.75, 3.05) is 13.1 Å². The number of hydrogen-bond acceptors (Lipinski definition) is 2. The van der Waals surface area contributed by atoms with E-state index in [2.05, 4.69) is 24.1 Å². The molecule has 1 rings (SSSR count). The first-order chi connectivity index (χ1) is 8.77. The maximum Gasteiger partial charge on any atom is 0.390 e. The lowest BCUT2D eigenvalue weighted by Gasteiger charge is -2.49. The van der Waals surface area contributed by atoms with Gasteiger partial charge in [0.1, 0.15) is 0 Å². The van der Waals surface area contributed by atoms with Gasteiger partial charge in [0, 0.05) is 30.7 Å². The Morgan fingerprint density at radius 1 is 1.26 bits per heavy atom. The fourth-order valence-corrected chi connectivity index (χ4v) is 3.06. The molecule has 0 aliphatic carbocycles. The Morgan fingerprint density at radius 2 is 1.84 bits per heavy atom. The number of nitrogens with one attached hydrogen (secondary N) is 1. The summed E-state index contributed by atoms with van der Waals surface area (Å²) >= 11 is 0. The van der Waals surface area contributed by atoms with E-state index in [-0.39, 0.29) is 11.6 Å². The van der Waals surface area contributed by atoms with E-state index >= 15 is 0 Å². The fraction of sp³-hybridized carbons (Fsp3) is 1.00. The summed E-state index contributed by atoms with van der Waals surface area (Å²) in [7, 11) is 0. The van der Waals surface area contributed by atoms with Crippen molar-refractivity contribution >= 4 is 0 Å². The van der Waals surface area contributed by atoms with Crippen LogP contribution >= 0.6 is 0 Å². The second kappa shape index (κ2) is 6.44. The Balaban J connectivity index is 2.80. The molecule has 1 N–H and O–H groups in total. The smallest absolute Gasteiger partial charge is 0.308 e. The van der Waals surface area contributed by atoms with Crippen LogP contribution in [-0.4, -0.2) is 41.8 Å². The van der Waals surface area contributed by atoms with Crippen LogP contribution in [-0.2, 0) is 0 Å². The van der Waals surface area contributed by atoms with Crippen molar-refractivity contribution in [1.82, 2.24) is 10.2 Å². The number of rotatable bonds is 5. The van der Waals surface area contributed by atoms with E-state index in [0.717, 1.165) is 32.4 Å². The summed E-state index contributed by atoms with van der Waals surface area (Å²) in [5.74, 6) is 0. The quantitative estimate of drug-likeness (QED) is 0.828. The highest BCUT2D eigenvalue weighted by Gasteiger charge is 2.41. The maximum atomic E-state index is 12.6. The minimum Gasteiger partial charge on any atom is -0.308 e. The van der Waals surface area contributed by atoms with Crippen molar-refractivity contribution in [3.8, 4) is 0 Å². The van der Waals surface area contributed by atoms with Gasteiger partial charge in [-0.05, 0) is 26.2 Å². The average Bonchev–Trinajstić information content (AvgIpc) is 2.36. The van der Waals surface area contributed by atoms with E-state index < -0.39 is 18.6 Å². The second-order valence-corrected chi connectivity index (χ2v) is 5.77. The zero-order chi connectivity index (χ0) is 14.7. The molecule has 5 heteroatoms. The monoisotopic (exact) mass is 280 g/mol. The molecule has 1 aliphatic heterocycles. The summed E-state index contributed by atoms with van der Waals surface area (Å²) in [6.45, 7) is 9.48. The molecule has 0 aromatic carbocycles. The molecular weight excluding hydrogens is 253 g/mol. The van der Waals surface area contributed by atoms with Gasteiger partial charge in [-0.25, -0.2) is 0 Å². The Kier molecular flexibility index (Phi) is 5.68. The fourth-order valence-electron chi connectivity index (χ4n) is 3.06. The first-order valence-electron chi connectivity index (χ1n) is 7.34. The van der Waals surface area contributed by atoms with Gasteiger partial charge in [-0.15, -0.1) is 0 Å². The van der Waals surface area contributed by atoms with Crippen LogP contribution in [0.4, 0.5) is 13.2 Å². The lowest BCUT2D eigenvalue weighted by molar-refractivity contribution is -0.150. The predicted octanol–water partition coefficient (Wildman–Crippen LogP) is 3.57. The van der Waals surface area contributed by atoms with E-state index in [9.17, 15) is 13.2 Å². The molecule has 0 aromatic heterocycles. The molecule has 2 unspecified atom stereocenters. The number of hydrogen-bond donors (Lipinski definition) is 1. The lowest BCUT2D eigenvalue weighted by atomic mass is 9.87. The summed E-state index contributed by atoms with van der Waals surface area (Å²) in [6.07, 6.45) is -2.00. The molecule has 114 valence electrons. The van der Waals surface area contributed by atoms with E-state index in [1.807, 2.05) is 6.92 Å². The molecule has 2 nitrogen and oxygen atoms in total. The topological polar surface area (TPSA) is 15.3 Å². The van der Waals surface area contributed by atoms with Crippen LogP contribution in [0.3, 0.4) is 0 Å². The molecule has 0 saturated carbocycles. The van der Waals surface area contributed by atoms with Gasteiger partial charge < -0.3 is 5.32 Å². The van der Waals surface area contributed by atoms with Gasteiger partial charge in [0.15, 0.2) is 0 Å². The van der Waals surface area contributed by atoms with E-state index in [1.165, 1.54) is 0 Å². The summed E-state index contributed by atoms with van der Waals surface area (Å²) in [4.78, 5) is 2.07. The second-order valence-electron chi connectivity index (χ2n) is 5.77. The third-order valence-electron chi connectivity index (χ3n) is 4.58. The largest absolute Gasteiger partial charge is 0.390 e. The van der Waals surface area contributed by atoms with Crippen molar-refractivity contribution in [2.45, 2.75) is 77.2 Å². The number of piperazine rings is 1. The van der Waals surface area contributed by atoms with E-state index in [0.29, 0.717) is 0 Å². The standard InChI is InChI=1S/C14H27F3N2/c1-5-12-9-18-13(6-2,7-3)10-19(12)11(4)8-14(15,16)17/h11-12,18H,5-10H2,1-4H3. The van der Waals surface area contributed by atoms with E-state index in [1.54, 1.807) is 6.92 Å². The zero-order valence-corrected chi connectivity index (χ0v) is 12.5. The first kappa shape index (κ1) is 16.8. The highest BCUT2D eigenvalue weighted by Crippen LogP contribution is 2.30. The Bertz CT molecular complexity index is 274. The van der Waals surface area contributed by atoms with Crippen LogP contribution in [0, 0.1) is 0 Å². The molecule has 0 amide bonds. The van der Waals surface area contributed by atoms with Crippen LogP contribution in [0.15, 0.2) is 0 Å². The van der Waals surface area contributed by atoms with Gasteiger partial charge in [0.2, 0.25) is 0 Å². The molecule has 19 heavy (non-hydrogen) atoms. The van der Waals surface area contributed by atoms with Crippen LogP contribution in [0.25, 0.3) is 0 Å². The van der Waals surface area contributed by atoms with Gasteiger partial charge in [0.25, 0.3) is 0 Å². The van der Waals surface area contributed by atoms with Crippen LogP contribution in [0.2, 0.25) is 0 Å². The minimum atomic E-state index is -4.08. The summed E-state index contributed by atoms with van der Waals surface area (Å²) in [5, 5.41) is 3.56. The molecule has 1 saturated heterocycles. The third-order valence-corrected chi connectivity index (χ3v) is 4.58. The number of alkyl halides is 3. The predicted molar refractivity (Wildman–Crippen MR) is 72.2 cm³/mol. The van der Waals surface area contributed by atoms with Gasteiger partial charge >= 0.3 is 6.18 Å². The normalized spacial score (nSPS) is 26.4. The maximum absolute atomic E-state index is 12.6. The molecule has 1 fully saturated rings. The van der Waals surface area contributed by atoms with Crippen LogP contribution < -0.4 is 5.32 Å². The minimum absolute atomic E-state index is 0.0223. The van der Waals surface area contributed by atoms with Gasteiger partial charge in [-0.1, -0.05) is 20.8 Å². The zero-order valence-electron chi connectivity index (χ0n) is 12.5. The molecule has 0 aromatic rings. The molecule has 0 bridgehead atoms. The van der Waals surface area contributed by atoms with Crippen molar-refractivity contribution in [2.24, 2.45) is 0 Å². The Labute approximate surface area is 114 Å². The van der Waals surface area contributed by atoms with Crippen LogP contribution in [0.1, 0.15) is 53.4 Å². The third kappa shape index (κ3) is 4.35. The molecule has 0 spiro atoms. The molecule has 1 aliphatic rings. The van der Waals surface area contributed by atoms with Crippen molar-refractivity contribution in [1.29, 1.82) is 0 Å². The summed E-state index contributed by atoms with van der Waals surface area (Å²) in [5.41, 5.74) is -0.0223. The average molecular weight is 280 g/mol. The highest BCUT2D eigenvalue weighted by molar-refractivity contribution is 4.98.